The van der Waals surface area contributed by atoms with Crippen molar-refractivity contribution in [2.24, 2.45) is 11.8 Å². The molecule has 2 aromatic heterocycles. The summed E-state index contributed by atoms with van der Waals surface area (Å²) in [5.74, 6) is 2.47. The van der Waals surface area contributed by atoms with E-state index in [4.69, 9.17) is 0 Å². The van der Waals surface area contributed by atoms with Crippen LogP contribution in [0.1, 0.15) is 27.2 Å². The number of rotatable bonds is 4. The summed E-state index contributed by atoms with van der Waals surface area (Å²) >= 11 is 0. The second-order valence-electron chi connectivity index (χ2n) is 6.81. The molecule has 0 radical (unpaired) electrons. The molecular weight excluding hydrogens is 274 g/mol. The van der Waals surface area contributed by atoms with E-state index in [1.165, 1.54) is 19.5 Å². The molecule has 5 heteroatoms. The number of nitrogens with zero attached hydrogens (tertiary/aromatic N) is 4. The van der Waals surface area contributed by atoms with Gasteiger partial charge in [-0.25, -0.2) is 9.97 Å². The zero-order valence-electron chi connectivity index (χ0n) is 13.7. The lowest BCUT2D eigenvalue weighted by atomic mass is 9.92. The molecule has 1 aliphatic heterocycles. The average Bonchev–Trinajstić information content (AvgIpc) is 2.45. The minimum absolute atomic E-state index is 0.360. The molecule has 1 aliphatic rings. The number of fused-ring (bicyclic) bond motifs is 1. The van der Waals surface area contributed by atoms with Crippen LogP contribution in [0.15, 0.2) is 24.5 Å². The predicted octanol–water partition coefficient (Wildman–Crippen LogP) is 2.80. The average molecular weight is 299 g/mol. The number of anilines is 1. The molecule has 1 fully saturated rings. The zero-order valence-corrected chi connectivity index (χ0v) is 13.7. The first kappa shape index (κ1) is 15.2. The monoisotopic (exact) mass is 299 g/mol. The van der Waals surface area contributed by atoms with Crippen LogP contribution in [0.4, 0.5) is 5.82 Å². The summed E-state index contributed by atoms with van der Waals surface area (Å²) in [7, 11) is 0. The number of piperidine rings is 1. The lowest BCUT2D eigenvalue weighted by molar-refractivity contribution is 0.138. The van der Waals surface area contributed by atoms with E-state index >= 15 is 0 Å². The highest BCUT2D eigenvalue weighted by atomic mass is 15.2. The molecule has 0 saturated carbocycles. The van der Waals surface area contributed by atoms with Crippen LogP contribution in [0.2, 0.25) is 0 Å². The van der Waals surface area contributed by atoms with Gasteiger partial charge >= 0.3 is 0 Å². The molecule has 1 saturated heterocycles. The van der Waals surface area contributed by atoms with E-state index in [-0.39, 0.29) is 0 Å². The number of aromatic nitrogens is 3. The van der Waals surface area contributed by atoms with Gasteiger partial charge in [0.05, 0.1) is 0 Å². The van der Waals surface area contributed by atoms with Crippen molar-refractivity contribution < 1.29 is 0 Å². The number of hydrogen-bond donors (Lipinski definition) is 1. The quantitative estimate of drug-likeness (QED) is 0.941. The van der Waals surface area contributed by atoms with Gasteiger partial charge in [0.2, 0.25) is 0 Å². The van der Waals surface area contributed by atoms with Crippen LogP contribution in [0.3, 0.4) is 0 Å². The third kappa shape index (κ3) is 3.71. The smallest absolute Gasteiger partial charge is 0.180 e. The second kappa shape index (κ2) is 6.57. The van der Waals surface area contributed by atoms with Gasteiger partial charge in [-0.3, -0.25) is 4.98 Å². The van der Waals surface area contributed by atoms with Crippen molar-refractivity contribution in [3.63, 3.8) is 0 Å². The Morgan fingerprint density at radius 2 is 1.91 bits per heavy atom. The van der Waals surface area contributed by atoms with E-state index in [2.05, 4.69) is 45.9 Å². The van der Waals surface area contributed by atoms with Crippen LogP contribution in [-0.4, -0.2) is 45.5 Å². The number of hydrogen-bond acceptors (Lipinski definition) is 5. The molecule has 0 amide bonds. The first-order chi connectivity index (χ1) is 10.6. The van der Waals surface area contributed by atoms with Gasteiger partial charge in [0.1, 0.15) is 11.3 Å². The molecule has 0 aliphatic carbocycles. The minimum atomic E-state index is 0.360. The fourth-order valence-corrected chi connectivity index (χ4v) is 3.56. The van der Waals surface area contributed by atoms with Gasteiger partial charge in [-0.1, -0.05) is 13.8 Å². The molecule has 5 nitrogen and oxygen atoms in total. The lowest BCUT2D eigenvalue weighted by Crippen LogP contribution is -2.43. The largest absolute Gasteiger partial charge is 0.366 e. The van der Waals surface area contributed by atoms with Gasteiger partial charge in [0.15, 0.2) is 5.65 Å². The minimum Gasteiger partial charge on any atom is -0.366 e. The van der Waals surface area contributed by atoms with Crippen LogP contribution in [0.5, 0.6) is 0 Å². The summed E-state index contributed by atoms with van der Waals surface area (Å²) in [6.07, 6.45) is 4.72. The molecule has 1 N–H and O–H groups in total. The Morgan fingerprint density at radius 1 is 1.18 bits per heavy atom. The molecule has 0 spiro atoms. The van der Waals surface area contributed by atoms with E-state index in [1.807, 2.05) is 12.1 Å². The van der Waals surface area contributed by atoms with Crippen LogP contribution < -0.4 is 5.32 Å². The van der Waals surface area contributed by atoms with Crippen molar-refractivity contribution in [1.29, 1.82) is 0 Å². The highest BCUT2D eigenvalue weighted by molar-refractivity contribution is 5.71. The van der Waals surface area contributed by atoms with Crippen molar-refractivity contribution in [2.45, 2.75) is 33.2 Å². The Morgan fingerprint density at radius 3 is 2.68 bits per heavy atom. The molecular formula is C17H25N5. The summed E-state index contributed by atoms with van der Waals surface area (Å²) in [5.41, 5.74) is 1.53. The van der Waals surface area contributed by atoms with Gasteiger partial charge in [0, 0.05) is 38.1 Å². The van der Waals surface area contributed by atoms with E-state index < -0.39 is 0 Å². The van der Waals surface area contributed by atoms with Crippen molar-refractivity contribution in [2.75, 3.05) is 25.0 Å². The molecule has 3 unspecified atom stereocenters. The van der Waals surface area contributed by atoms with Crippen molar-refractivity contribution in [1.82, 2.24) is 19.9 Å². The second-order valence-corrected chi connectivity index (χ2v) is 6.81. The molecule has 3 atom stereocenters. The van der Waals surface area contributed by atoms with E-state index in [0.717, 1.165) is 29.7 Å². The summed E-state index contributed by atoms with van der Waals surface area (Å²) in [4.78, 5) is 15.6. The Balaban J connectivity index is 1.61. The summed E-state index contributed by atoms with van der Waals surface area (Å²) in [6, 6.07) is 4.31. The van der Waals surface area contributed by atoms with Gasteiger partial charge in [-0.05, 0) is 37.3 Å². The highest BCUT2D eigenvalue weighted by Gasteiger charge is 2.22. The maximum Gasteiger partial charge on any atom is 0.180 e. The van der Waals surface area contributed by atoms with Gasteiger partial charge < -0.3 is 10.2 Å². The van der Waals surface area contributed by atoms with Gasteiger partial charge in [-0.2, -0.15) is 0 Å². The fourth-order valence-electron chi connectivity index (χ4n) is 3.56. The fraction of sp³-hybridized carbons (Fsp3) is 0.588. The maximum atomic E-state index is 4.53. The topological polar surface area (TPSA) is 53.9 Å². The van der Waals surface area contributed by atoms with Crippen molar-refractivity contribution >= 4 is 17.0 Å². The van der Waals surface area contributed by atoms with Crippen LogP contribution in [0.25, 0.3) is 11.2 Å². The summed E-state index contributed by atoms with van der Waals surface area (Å²) < 4.78 is 0. The predicted molar refractivity (Wildman–Crippen MR) is 89.8 cm³/mol. The molecule has 0 bridgehead atoms. The van der Waals surface area contributed by atoms with E-state index in [1.54, 1.807) is 12.4 Å². The Kier molecular flexibility index (Phi) is 4.52. The normalized spacial score (nSPS) is 24.3. The van der Waals surface area contributed by atoms with E-state index in [0.29, 0.717) is 11.7 Å². The summed E-state index contributed by atoms with van der Waals surface area (Å²) in [5, 5.41) is 3.49. The molecule has 3 rings (SSSR count). The van der Waals surface area contributed by atoms with Crippen LogP contribution >= 0.6 is 0 Å². The Labute approximate surface area is 132 Å². The van der Waals surface area contributed by atoms with Crippen molar-refractivity contribution in [3.8, 4) is 0 Å². The maximum absolute atomic E-state index is 4.53. The lowest BCUT2D eigenvalue weighted by Gasteiger charge is -2.36. The van der Waals surface area contributed by atoms with Crippen molar-refractivity contribution in [3.05, 3.63) is 24.5 Å². The van der Waals surface area contributed by atoms with E-state index in [9.17, 15) is 0 Å². The molecule has 3 heterocycles. The molecule has 2 aromatic rings. The SMILES string of the molecule is CC1CC(C)CN(CC(C)Nc2ccc3nccnc3n2)C1. The van der Waals surface area contributed by atoms with Gasteiger partial charge in [0.25, 0.3) is 0 Å². The number of nitrogens with one attached hydrogen (secondary N) is 1. The third-order valence-electron chi connectivity index (χ3n) is 4.20. The number of likely N-dealkylation sites (tertiary alicyclic amines) is 1. The summed E-state index contributed by atoms with van der Waals surface area (Å²) in [6.45, 7) is 10.4. The standard InChI is InChI=1S/C17H25N5/c1-12-8-13(2)10-22(9-12)11-14(3)20-16-5-4-15-17(21-16)19-7-6-18-15/h4-7,12-14H,8-11H2,1-3H3,(H,19,20,21). The third-order valence-corrected chi connectivity index (χ3v) is 4.20. The van der Waals surface area contributed by atoms with Crippen LogP contribution in [0, 0.1) is 11.8 Å². The molecule has 0 aromatic carbocycles. The van der Waals surface area contributed by atoms with Gasteiger partial charge in [-0.15, -0.1) is 0 Å². The highest BCUT2D eigenvalue weighted by Crippen LogP contribution is 2.21. The Bertz CT molecular complexity index is 619. The Hall–Kier alpha value is -1.75. The first-order valence-corrected chi connectivity index (χ1v) is 8.17. The zero-order chi connectivity index (χ0) is 15.5. The first-order valence-electron chi connectivity index (χ1n) is 8.17. The number of pyridine rings is 1. The molecule has 118 valence electrons. The van der Waals surface area contributed by atoms with Crippen LogP contribution in [-0.2, 0) is 0 Å². The molecule has 22 heavy (non-hydrogen) atoms.